The van der Waals surface area contributed by atoms with E-state index in [1.54, 1.807) is 24.3 Å². The Morgan fingerprint density at radius 3 is 2.46 bits per heavy atom. The van der Waals surface area contributed by atoms with Crippen molar-refractivity contribution in [3.8, 4) is 0 Å². The Hall–Kier alpha value is -2.49. The molecule has 0 aromatic heterocycles. The highest BCUT2D eigenvalue weighted by Gasteiger charge is 2.20. The maximum atomic E-state index is 12.3. The standard InChI is InChI=1S/C16H16ClN3O5S/c1-26(24,25)19-15(11-5-7-12(17)8-6-11)10-16(21)18-13-3-2-4-14(9-13)20(22)23/h2-9,15,19H,10H2,1H3,(H,18,21). The average Bonchev–Trinajstić information content (AvgIpc) is 2.53. The van der Waals surface area contributed by atoms with Gasteiger partial charge in [0, 0.05) is 29.3 Å². The molecule has 26 heavy (non-hydrogen) atoms. The molecule has 8 nitrogen and oxygen atoms in total. The van der Waals surface area contributed by atoms with Gasteiger partial charge in [0.25, 0.3) is 5.69 Å². The Morgan fingerprint density at radius 2 is 1.88 bits per heavy atom. The smallest absolute Gasteiger partial charge is 0.271 e. The normalized spacial score (nSPS) is 12.4. The van der Waals surface area contributed by atoms with Crippen LogP contribution in [0, 0.1) is 10.1 Å². The first-order valence-electron chi connectivity index (χ1n) is 7.41. The molecule has 1 amide bonds. The molecule has 10 heteroatoms. The summed E-state index contributed by atoms with van der Waals surface area (Å²) >= 11 is 5.83. The number of anilines is 1. The van der Waals surface area contributed by atoms with E-state index >= 15 is 0 Å². The highest BCUT2D eigenvalue weighted by Crippen LogP contribution is 2.22. The summed E-state index contributed by atoms with van der Waals surface area (Å²) in [5.41, 5.74) is 0.652. The number of nitro benzene ring substituents is 1. The summed E-state index contributed by atoms with van der Waals surface area (Å²) in [6.07, 6.45) is 0.797. The highest BCUT2D eigenvalue weighted by molar-refractivity contribution is 7.88. The van der Waals surface area contributed by atoms with Crippen LogP contribution in [-0.2, 0) is 14.8 Å². The molecule has 2 aromatic carbocycles. The van der Waals surface area contributed by atoms with Crippen molar-refractivity contribution in [1.82, 2.24) is 4.72 Å². The molecule has 2 rings (SSSR count). The van der Waals surface area contributed by atoms with Crippen molar-refractivity contribution < 1.29 is 18.1 Å². The number of nitrogens with one attached hydrogen (secondary N) is 2. The van der Waals surface area contributed by atoms with E-state index in [0.717, 1.165) is 6.26 Å². The molecular weight excluding hydrogens is 382 g/mol. The molecule has 138 valence electrons. The number of non-ortho nitro benzene ring substituents is 1. The molecule has 0 saturated carbocycles. The zero-order chi connectivity index (χ0) is 19.3. The molecule has 0 spiro atoms. The van der Waals surface area contributed by atoms with Crippen molar-refractivity contribution >= 4 is 38.9 Å². The highest BCUT2D eigenvalue weighted by atomic mass is 35.5. The van der Waals surface area contributed by atoms with E-state index < -0.39 is 26.9 Å². The minimum atomic E-state index is -3.57. The lowest BCUT2D eigenvalue weighted by Gasteiger charge is -2.18. The average molecular weight is 398 g/mol. The second-order valence-corrected chi connectivity index (χ2v) is 7.77. The first kappa shape index (κ1) is 19.8. The molecule has 0 aliphatic heterocycles. The molecule has 2 N–H and O–H groups in total. The maximum Gasteiger partial charge on any atom is 0.271 e. The number of carbonyl (C=O) groups excluding carboxylic acids is 1. The van der Waals surface area contributed by atoms with Crippen molar-refractivity contribution in [2.45, 2.75) is 12.5 Å². The Kier molecular flexibility index (Phi) is 6.30. The monoisotopic (exact) mass is 397 g/mol. The third-order valence-corrected chi connectivity index (χ3v) is 4.32. The van der Waals surface area contributed by atoms with Gasteiger partial charge >= 0.3 is 0 Å². The maximum absolute atomic E-state index is 12.3. The van der Waals surface area contributed by atoms with Crippen molar-refractivity contribution in [2.75, 3.05) is 11.6 Å². The van der Waals surface area contributed by atoms with E-state index in [1.807, 2.05) is 0 Å². The van der Waals surface area contributed by atoms with E-state index in [2.05, 4.69) is 10.0 Å². The second kappa shape index (κ2) is 8.26. The van der Waals surface area contributed by atoms with Crippen LogP contribution in [0.4, 0.5) is 11.4 Å². The summed E-state index contributed by atoms with van der Waals surface area (Å²) < 4.78 is 25.6. The first-order chi connectivity index (χ1) is 12.1. The molecule has 1 unspecified atom stereocenters. The molecule has 0 bridgehead atoms. The number of benzene rings is 2. The first-order valence-corrected chi connectivity index (χ1v) is 9.68. The van der Waals surface area contributed by atoms with E-state index in [1.165, 1.54) is 24.3 Å². The lowest BCUT2D eigenvalue weighted by atomic mass is 10.0. The molecule has 0 radical (unpaired) electrons. The molecule has 1 atom stereocenters. The Balaban J connectivity index is 2.16. The number of hydrogen-bond donors (Lipinski definition) is 2. The van der Waals surface area contributed by atoms with Gasteiger partial charge in [0.05, 0.1) is 17.2 Å². The van der Waals surface area contributed by atoms with E-state index in [4.69, 9.17) is 11.6 Å². The van der Waals surface area contributed by atoms with E-state index in [0.29, 0.717) is 10.6 Å². The fourth-order valence-electron chi connectivity index (χ4n) is 2.28. The number of halogens is 1. The Morgan fingerprint density at radius 1 is 1.23 bits per heavy atom. The Bertz CT molecular complexity index is 916. The summed E-state index contributed by atoms with van der Waals surface area (Å²) in [6.45, 7) is 0. The largest absolute Gasteiger partial charge is 0.326 e. The van der Waals surface area contributed by atoms with Gasteiger partial charge in [0.1, 0.15) is 0 Å². The van der Waals surface area contributed by atoms with Crippen LogP contribution < -0.4 is 10.0 Å². The molecule has 2 aromatic rings. The van der Waals surface area contributed by atoms with Gasteiger partial charge in [-0.25, -0.2) is 13.1 Å². The van der Waals surface area contributed by atoms with Crippen LogP contribution in [-0.4, -0.2) is 25.5 Å². The lowest BCUT2D eigenvalue weighted by Crippen LogP contribution is -2.30. The number of rotatable bonds is 7. The quantitative estimate of drug-likeness (QED) is 0.550. The predicted molar refractivity (Wildman–Crippen MR) is 98.5 cm³/mol. The van der Waals surface area contributed by atoms with Gasteiger partial charge in [0.2, 0.25) is 15.9 Å². The van der Waals surface area contributed by atoms with Crippen LogP contribution in [0.1, 0.15) is 18.0 Å². The van der Waals surface area contributed by atoms with Crippen LogP contribution in [0.5, 0.6) is 0 Å². The Labute approximate surface area is 155 Å². The van der Waals surface area contributed by atoms with Gasteiger partial charge in [-0.2, -0.15) is 0 Å². The van der Waals surface area contributed by atoms with Crippen molar-refractivity contribution in [1.29, 1.82) is 0 Å². The molecule has 0 fully saturated rings. The van der Waals surface area contributed by atoms with Gasteiger partial charge in [-0.05, 0) is 23.8 Å². The summed E-state index contributed by atoms with van der Waals surface area (Å²) in [5, 5.41) is 13.8. The van der Waals surface area contributed by atoms with Gasteiger partial charge in [-0.1, -0.05) is 29.8 Å². The molecule has 0 saturated heterocycles. The topological polar surface area (TPSA) is 118 Å². The molecule has 0 aliphatic carbocycles. The van der Waals surface area contributed by atoms with Crippen LogP contribution in [0.2, 0.25) is 5.02 Å². The van der Waals surface area contributed by atoms with Crippen molar-refractivity contribution in [2.24, 2.45) is 0 Å². The van der Waals surface area contributed by atoms with Crippen molar-refractivity contribution in [3.63, 3.8) is 0 Å². The van der Waals surface area contributed by atoms with Crippen LogP contribution >= 0.6 is 11.6 Å². The summed E-state index contributed by atoms with van der Waals surface area (Å²) in [7, 11) is -3.57. The third-order valence-electron chi connectivity index (χ3n) is 3.36. The summed E-state index contributed by atoms with van der Waals surface area (Å²) in [4.78, 5) is 22.5. The molecule has 0 heterocycles. The van der Waals surface area contributed by atoms with Gasteiger partial charge in [-0.15, -0.1) is 0 Å². The summed E-state index contributed by atoms with van der Waals surface area (Å²) in [6, 6.07) is 11.1. The zero-order valence-electron chi connectivity index (χ0n) is 13.7. The number of amides is 1. The SMILES string of the molecule is CS(=O)(=O)NC(CC(=O)Nc1cccc([N+](=O)[O-])c1)c1ccc(Cl)cc1. The van der Waals surface area contributed by atoms with Gasteiger partial charge < -0.3 is 5.32 Å². The fourth-order valence-corrected chi connectivity index (χ4v) is 3.14. The second-order valence-electron chi connectivity index (χ2n) is 5.55. The van der Waals surface area contributed by atoms with Crippen LogP contribution in [0.3, 0.4) is 0 Å². The van der Waals surface area contributed by atoms with Crippen LogP contribution in [0.25, 0.3) is 0 Å². The number of nitrogens with zero attached hydrogens (tertiary/aromatic N) is 1. The molecular formula is C16H16ClN3O5S. The molecule has 0 aliphatic rings. The number of nitro groups is 1. The predicted octanol–water partition coefficient (Wildman–Crippen LogP) is 2.87. The zero-order valence-corrected chi connectivity index (χ0v) is 15.3. The summed E-state index contributed by atoms with van der Waals surface area (Å²) in [5.74, 6) is -0.499. The number of hydrogen-bond acceptors (Lipinski definition) is 5. The minimum absolute atomic E-state index is 0.161. The lowest BCUT2D eigenvalue weighted by molar-refractivity contribution is -0.384. The van der Waals surface area contributed by atoms with Gasteiger partial charge in [0.15, 0.2) is 0 Å². The van der Waals surface area contributed by atoms with Crippen molar-refractivity contribution in [3.05, 3.63) is 69.2 Å². The van der Waals surface area contributed by atoms with Crippen LogP contribution in [0.15, 0.2) is 48.5 Å². The van der Waals surface area contributed by atoms with Gasteiger partial charge in [-0.3, -0.25) is 14.9 Å². The third kappa shape index (κ3) is 6.10. The number of sulfonamides is 1. The minimum Gasteiger partial charge on any atom is -0.326 e. The number of carbonyl (C=O) groups is 1. The fraction of sp³-hybridized carbons (Fsp3) is 0.188. The van der Waals surface area contributed by atoms with E-state index in [-0.39, 0.29) is 17.8 Å². The van der Waals surface area contributed by atoms with E-state index in [9.17, 15) is 23.3 Å².